The summed E-state index contributed by atoms with van der Waals surface area (Å²) < 4.78 is 1.30. The number of benzene rings is 1. The van der Waals surface area contributed by atoms with Gasteiger partial charge in [0.2, 0.25) is 0 Å². The van der Waals surface area contributed by atoms with Crippen LogP contribution in [0.2, 0.25) is 0 Å². The largest absolute Gasteiger partial charge is 0.288 e. The molecule has 1 saturated heterocycles. The van der Waals surface area contributed by atoms with Crippen LogP contribution in [0.25, 0.3) is 10.2 Å². The van der Waals surface area contributed by atoms with Gasteiger partial charge in [-0.1, -0.05) is 19.1 Å². The monoisotopic (exact) mass is 329 g/mol. The molecule has 114 valence electrons. The van der Waals surface area contributed by atoms with Crippen molar-refractivity contribution < 1.29 is 0 Å². The zero-order chi connectivity index (χ0) is 14.9. The van der Waals surface area contributed by atoms with Crippen LogP contribution in [0.4, 0.5) is 0 Å². The molecule has 1 aliphatic rings. The fraction of sp³-hybridized carbons (Fsp3) is 0.412. The quantitative estimate of drug-likeness (QED) is 0.697. The molecule has 1 aliphatic heterocycles. The summed E-state index contributed by atoms with van der Waals surface area (Å²) in [6.07, 6.45) is 3.50. The smallest absolute Gasteiger partial charge is 0.111 e. The van der Waals surface area contributed by atoms with E-state index in [9.17, 15) is 0 Å². The van der Waals surface area contributed by atoms with Gasteiger partial charge in [-0.3, -0.25) is 4.90 Å². The van der Waals surface area contributed by atoms with E-state index in [4.69, 9.17) is 9.97 Å². The minimum atomic E-state index is 0.462. The highest BCUT2D eigenvalue weighted by Gasteiger charge is 2.29. The van der Waals surface area contributed by atoms with Crippen LogP contribution in [-0.2, 0) is 13.0 Å². The predicted molar refractivity (Wildman–Crippen MR) is 93.5 cm³/mol. The zero-order valence-electron chi connectivity index (χ0n) is 12.7. The number of aryl methyl sites for hydroxylation is 1. The number of thiazole rings is 2. The molecule has 3 heterocycles. The minimum absolute atomic E-state index is 0.462. The van der Waals surface area contributed by atoms with Crippen LogP contribution < -0.4 is 0 Å². The Hall–Kier alpha value is -1.30. The standard InChI is InChI=1S/C17H19N3S2/c1-2-16-18-12(11-21-16)10-20-9-5-7-14(20)17-19-13-6-3-4-8-15(13)22-17/h3-4,6,8,11,14H,2,5,7,9-10H2,1H3. The summed E-state index contributed by atoms with van der Waals surface area (Å²) in [5.74, 6) is 0. The first kappa shape index (κ1) is 14.3. The van der Waals surface area contributed by atoms with Crippen molar-refractivity contribution >= 4 is 32.9 Å². The Morgan fingerprint density at radius 2 is 2.18 bits per heavy atom. The second-order valence-electron chi connectivity index (χ2n) is 5.73. The van der Waals surface area contributed by atoms with E-state index in [-0.39, 0.29) is 0 Å². The van der Waals surface area contributed by atoms with Crippen molar-refractivity contribution in [2.24, 2.45) is 0 Å². The molecule has 0 bridgehead atoms. The molecule has 0 N–H and O–H groups in total. The molecule has 22 heavy (non-hydrogen) atoms. The van der Waals surface area contributed by atoms with Gasteiger partial charge in [-0.15, -0.1) is 22.7 Å². The first-order chi connectivity index (χ1) is 10.8. The Morgan fingerprint density at radius 1 is 1.27 bits per heavy atom. The Kier molecular flexibility index (Phi) is 3.94. The number of nitrogens with zero attached hydrogens (tertiary/aromatic N) is 3. The first-order valence-electron chi connectivity index (χ1n) is 7.86. The van der Waals surface area contributed by atoms with Gasteiger partial charge in [0.1, 0.15) is 5.01 Å². The topological polar surface area (TPSA) is 29.0 Å². The molecule has 0 spiro atoms. The molecule has 3 nitrogen and oxygen atoms in total. The highest BCUT2D eigenvalue weighted by Crippen LogP contribution is 2.37. The van der Waals surface area contributed by atoms with Crippen LogP contribution in [-0.4, -0.2) is 21.4 Å². The van der Waals surface area contributed by atoms with Gasteiger partial charge in [-0.25, -0.2) is 9.97 Å². The van der Waals surface area contributed by atoms with Crippen LogP contribution in [0.3, 0.4) is 0 Å². The van der Waals surface area contributed by atoms with Crippen LogP contribution in [0, 0.1) is 0 Å². The first-order valence-corrected chi connectivity index (χ1v) is 9.56. The molecule has 1 fully saturated rings. The third kappa shape index (κ3) is 2.69. The molecule has 4 rings (SSSR count). The normalized spacial score (nSPS) is 19.2. The van der Waals surface area contributed by atoms with Gasteiger partial charge in [0.15, 0.2) is 0 Å². The number of likely N-dealkylation sites (tertiary alicyclic amines) is 1. The van der Waals surface area contributed by atoms with Crippen molar-refractivity contribution in [2.75, 3.05) is 6.54 Å². The maximum absolute atomic E-state index is 4.87. The van der Waals surface area contributed by atoms with Gasteiger partial charge in [-0.2, -0.15) is 0 Å². The Balaban J connectivity index is 1.57. The lowest BCUT2D eigenvalue weighted by Crippen LogP contribution is -2.22. The average molecular weight is 329 g/mol. The van der Waals surface area contributed by atoms with E-state index in [1.54, 1.807) is 11.3 Å². The second kappa shape index (κ2) is 6.07. The zero-order valence-corrected chi connectivity index (χ0v) is 14.3. The Morgan fingerprint density at radius 3 is 3.00 bits per heavy atom. The third-order valence-corrected chi connectivity index (χ3v) is 6.41. The van der Waals surface area contributed by atoms with E-state index in [2.05, 4.69) is 41.5 Å². The molecular weight excluding hydrogens is 310 g/mol. The molecule has 0 saturated carbocycles. The van der Waals surface area contributed by atoms with Gasteiger partial charge < -0.3 is 0 Å². The molecule has 0 radical (unpaired) electrons. The number of hydrogen-bond donors (Lipinski definition) is 0. The summed E-state index contributed by atoms with van der Waals surface area (Å²) in [5, 5.41) is 4.72. The summed E-state index contributed by atoms with van der Waals surface area (Å²) in [6.45, 7) is 4.28. The molecule has 2 aromatic heterocycles. The SMILES string of the molecule is CCc1nc(CN2CCCC2c2nc3ccccc3s2)cs1. The molecule has 0 amide bonds. The molecular formula is C17H19N3S2. The molecule has 1 unspecified atom stereocenters. The molecule has 3 aromatic rings. The van der Waals surface area contributed by atoms with Crippen molar-refractivity contribution in [3.05, 3.63) is 45.4 Å². The van der Waals surface area contributed by atoms with Crippen LogP contribution in [0.1, 0.15) is 41.5 Å². The summed E-state index contributed by atoms with van der Waals surface area (Å²) in [6, 6.07) is 8.91. The fourth-order valence-electron chi connectivity index (χ4n) is 3.12. The number of rotatable bonds is 4. The number of aromatic nitrogens is 2. The predicted octanol–water partition coefficient (Wildman–Crippen LogP) is 4.65. The van der Waals surface area contributed by atoms with Gasteiger partial charge in [0, 0.05) is 11.9 Å². The number of fused-ring (bicyclic) bond motifs is 1. The summed E-state index contributed by atoms with van der Waals surface area (Å²) >= 11 is 3.63. The highest BCUT2D eigenvalue weighted by atomic mass is 32.1. The third-order valence-electron chi connectivity index (χ3n) is 4.23. The lowest BCUT2D eigenvalue weighted by Gasteiger charge is -2.21. The van der Waals surface area contributed by atoms with E-state index >= 15 is 0 Å². The lowest BCUT2D eigenvalue weighted by atomic mass is 10.2. The fourth-order valence-corrected chi connectivity index (χ4v) is 4.99. The van der Waals surface area contributed by atoms with E-state index in [1.165, 1.54) is 33.3 Å². The van der Waals surface area contributed by atoms with Gasteiger partial charge >= 0.3 is 0 Å². The lowest BCUT2D eigenvalue weighted by molar-refractivity contribution is 0.245. The highest BCUT2D eigenvalue weighted by molar-refractivity contribution is 7.18. The van der Waals surface area contributed by atoms with E-state index in [0.717, 1.165) is 25.0 Å². The maximum atomic E-state index is 4.87. The summed E-state index contributed by atoms with van der Waals surface area (Å²) in [7, 11) is 0. The molecule has 1 aromatic carbocycles. The van der Waals surface area contributed by atoms with Crippen molar-refractivity contribution in [1.82, 2.24) is 14.9 Å². The summed E-state index contributed by atoms with van der Waals surface area (Å²) in [4.78, 5) is 12.1. The molecule has 5 heteroatoms. The van der Waals surface area contributed by atoms with E-state index in [1.807, 2.05) is 11.3 Å². The molecule has 1 atom stereocenters. The average Bonchev–Trinajstić information content (AvgIpc) is 3.25. The van der Waals surface area contributed by atoms with E-state index in [0.29, 0.717) is 6.04 Å². The molecule has 0 aliphatic carbocycles. The Bertz CT molecular complexity index is 744. The van der Waals surface area contributed by atoms with Gasteiger partial charge in [-0.05, 0) is 37.9 Å². The van der Waals surface area contributed by atoms with Gasteiger partial charge in [0.25, 0.3) is 0 Å². The van der Waals surface area contributed by atoms with Gasteiger partial charge in [0.05, 0.1) is 27.0 Å². The minimum Gasteiger partial charge on any atom is -0.288 e. The van der Waals surface area contributed by atoms with E-state index < -0.39 is 0 Å². The number of para-hydroxylation sites is 1. The Labute approximate surface area is 138 Å². The van der Waals surface area contributed by atoms with Crippen molar-refractivity contribution in [1.29, 1.82) is 0 Å². The number of hydrogen-bond acceptors (Lipinski definition) is 5. The van der Waals surface area contributed by atoms with Crippen molar-refractivity contribution in [3.63, 3.8) is 0 Å². The summed E-state index contributed by atoms with van der Waals surface area (Å²) in [5.41, 5.74) is 2.35. The van der Waals surface area contributed by atoms with Crippen molar-refractivity contribution in [3.8, 4) is 0 Å². The van der Waals surface area contributed by atoms with Crippen LogP contribution >= 0.6 is 22.7 Å². The van der Waals surface area contributed by atoms with Crippen LogP contribution in [0.5, 0.6) is 0 Å². The second-order valence-corrected chi connectivity index (χ2v) is 7.74. The van der Waals surface area contributed by atoms with Crippen LogP contribution in [0.15, 0.2) is 29.6 Å². The van der Waals surface area contributed by atoms with Crippen molar-refractivity contribution in [2.45, 2.75) is 38.8 Å². The maximum Gasteiger partial charge on any atom is 0.111 e.